The van der Waals surface area contributed by atoms with Crippen LogP contribution in [0.15, 0.2) is 22.8 Å². The minimum Gasteiger partial charge on any atom is -0.459 e. The summed E-state index contributed by atoms with van der Waals surface area (Å²) in [6.07, 6.45) is 2.07. The van der Waals surface area contributed by atoms with E-state index >= 15 is 0 Å². The van der Waals surface area contributed by atoms with E-state index in [9.17, 15) is 14.4 Å². The van der Waals surface area contributed by atoms with Crippen LogP contribution in [0.1, 0.15) is 17.0 Å². The number of ether oxygens (including phenoxy) is 1. The highest BCUT2D eigenvalue weighted by atomic mass is 16.5. The SMILES string of the molecule is COCCNC(=O)C1CC1C(=O)N1CCN(C(=O)c2ccco2)CC1. The molecule has 3 rings (SSSR count). The summed E-state index contributed by atoms with van der Waals surface area (Å²) >= 11 is 0. The van der Waals surface area contributed by atoms with Gasteiger partial charge in [-0.15, -0.1) is 0 Å². The molecular formula is C17H23N3O5. The zero-order chi connectivity index (χ0) is 17.8. The zero-order valence-electron chi connectivity index (χ0n) is 14.3. The number of rotatable bonds is 6. The third kappa shape index (κ3) is 4.01. The second-order valence-electron chi connectivity index (χ2n) is 6.33. The lowest BCUT2D eigenvalue weighted by atomic mass is 10.2. The largest absolute Gasteiger partial charge is 0.459 e. The Balaban J connectivity index is 1.43. The van der Waals surface area contributed by atoms with Crippen LogP contribution in [0.5, 0.6) is 0 Å². The monoisotopic (exact) mass is 349 g/mol. The predicted octanol–water partition coefficient (Wildman–Crippen LogP) is -0.0373. The first-order valence-corrected chi connectivity index (χ1v) is 8.50. The summed E-state index contributed by atoms with van der Waals surface area (Å²) in [5.41, 5.74) is 0. The maximum Gasteiger partial charge on any atom is 0.289 e. The third-order valence-electron chi connectivity index (χ3n) is 4.66. The number of carbonyl (C=O) groups is 3. The third-order valence-corrected chi connectivity index (χ3v) is 4.66. The van der Waals surface area contributed by atoms with Gasteiger partial charge in [0.15, 0.2) is 5.76 Å². The molecule has 0 bridgehead atoms. The van der Waals surface area contributed by atoms with Crippen LogP contribution in [0.25, 0.3) is 0 Å². The van der Waals surface area contributed by atoms with Crippen LogP contribution in [-0.2, 0) is 14.3 Å². The van der Waals surface area contributed by atoms with Gasteiger partial charge in [-0.1, -0.05) is 0 Å². The molecule has 1 aromatic heterocycles. The maximum absolute atomic E-state index is 12.5. The number of carbonyl (C=O) groups excluding carboxylic acids is 3. The van der Waals surface area contributed by atoms with Gasteiger partial charge in [-0.3, -0.25) is 14.4 Å². The summed E-state index contributed by atoms with van der Waals surface area (Å²) in [7, 11) is 1.58. The molecule has 1 aromatic rings. The van der Waals surface area contributed by atoms with E-state index in [1.807, 2.05) is 0 Å². The van der Waals surface area contributed by atoms with Crippen LogP contribution in [-0.4, -0.2) is 74.0 Å². The summed E-state index contributed by atoms with van der Waals surface area (Å²) in [5, 5.41) is 2.77. The highest BCUT2D eigenvalue weighted by Gasteiger charge is 2.49. The van der Waals surface area contributed by atoms with Crippen LogP contribution in [0.2, 0.25) is 0 Å². The average Bonchev–Trinajstić information content (AvgIpc) is 3.25. The lowest BCUT2D eigenvalue weighted by Gasteiger charge is -2.34. The molecule has 2 heterocycles. The van der Waals surface area contributed by atoms with Crippen molar-refractivity contribution in [2.75, 3.05) is 46.4 Å². The maximum atomic E-state index is 12.5. The molecule has 2 aliphatic rings. The van der Waals surface area contributed by atoms with Gasteiger partial charge in [-0.25, -0.2) is 0 Å². The van der Waals surface area contributed by atoms with Crippen molar-refractivity contribution in [3.8, 4) is 0 Å². The smallest absolute Gasteiger partial charge is 0.289 e. The Kier molecular flexibility index (Phi) is 5.37. The number of methoxy groups -OCH3 is 1. The van der Waals surface area contributed by atoms with Crippen molar-refractivity contribution in [3.05, 3.63) is 24.2 Å². The fourth-order valence-electron chi connectivity index (χ4n) is 3.09. The first-order valence-electron chi connectivity index (χ1n) is 8.50. The van der Waals surface area contributed by atoms with Crippen molar-refractivity contribution in [2.45, 2.75) is 6.42 Å². The van der Waals surface area contributed by atoms with E-state index in [4.69, 9.17) is 9.15 Å². The summed E-state index contributed by atoms with van der Waals surface area (Å²) in [5.74, 6) is -0.366. The lowest BCUT2D eigenvalue weighted by Crippen LogP contribution is -2.51. The van der Waals surface area contributed by atoms with E-state index in [2.05, 4.69) is 5.32 Å². The van der Waals surface area contributed by atoms with Crippen molar-refractivity contribution in [2.24, 2.45) is 11.8 Å². The molecule has 3 amide bonds. The van der Waals surface area contributed by atoms with Gasteiger partial charge in [0, 0.05) is 39.8 Å². The molecule has 8 nitrogen and oxygen atoms in total. The minimum absolute atomic E-state index is 0.0111. The fraction of sp³-hybridized carbons (Fsp3) is 0.588. The van der Waals surface area contributed by atoms with Crippen molar-refractivity contribution in [1.82, 2.24) is 15.1 Å². The van der Waals surface area contributed by atoms with E-state index < -0.39 is 0 Å². The Bertz CT molecular complexity index is 622. The van der Waals surface area contributed by atoms with Gasteiger partial charge < -0.3 is 24.3 Å². The topological polar surface area (TPSA) is 92.1 Å². The molecule has 1 aliphatic carbocycles. The average molecular weight is 349 g/mol. The van der Waals surface area contributed by atoms with Crippen molar-refractivity contribution in [1.29, 1.82) is 0 Å². The van der Waals surface area contributed by atoms with Crippen molar-refractivity contribution in [3.63, 3.8) is 0 Å². The standard InChI is InChI=1S/C17H23N3O5/c1-24-10-4-18-15(21)12-11-13(12)16(22)19-5-7-20(8-6-19)17(23)14-3-2-9-25-14/h2-3,9,12-13H,4-8,10-11H2,1H3,(H,18,21). The number of amides is 3. The molecule has 1 N–H and O–H groups in total. The number of nitrogens with one attached hydrogen (secondary N) is 1. The molecule has 0 aromatic carbocycles. The molecule has 2 fully saturated rings. The molecule has 25 heavy (non-hydrogen) atoms. The minimum atomic E-state index is -0.230. The molecule has 0 spiro atoms. The molecule has 2 atom stereocenters. The molecule has 2 unspecified atom stereocenters. The number of hydrogen-bond donors (Lipinski definition) is 1. The van der Waals surface area contributed by atoms with Gasteiger partial charge in [-0.05, 0) is 18.6 Å². The van der Waals surface area contributed by atoms with Gasteiger partial charge in [0.05, 0.1) is 24.7 Å². The Labute approximate surface area is 146 Å². The van der Waals surface area contributed by atoms with E-state index in [0.717, 1.165) is 0 Å². The Hall–Kier alpha value is -2.35. The molecule has 1 saturated carbocycles. The van der Waals surface area contributed by atoms with Gasteiger partial charge in [0.2, 0.25) is 11.8 Å². The van der Waals surface area contributed by atoms with E-state index in [0.29, 0.717) is 51.5 Å². The second-order valence-corrected chi connectivity index (χ2v) is 6.33. The summed E-state index contributed by atoms with van der Waals surface area (Å²) in [4.78, 5) is 40.1. The van der Waals surface area contributed by atoms with Crippen LogP contribution < -0.4 is 5.32 Å². The summed E-state index contributed by atoms with van der Waals surface area (Å²) < 4.78 is 10.0. The quantitative estimate of drug-likeness (QED) is 0.728. The second kappa shape index (κ2) is 7.69. The van der Waals surface area contributed by atoms with Crippen LogP contribution >= 0.6 is 0 Å². The van der Waals surface area contributed by atoms with Gasteiger partial charge in [-0.2, -0.15) is 0 Å². The predicted molar refractivity (Wildman–Crippen MR) is 87.7 cm³/mol. The van der Waals surface area contributed by atoms with E-state index in [-0.39, 0.29) is 29.6 Å². The molecule has 1 aliphatic heterocycles. The first kappa shape index (κ1) is 17.5. The van der Waals surface area contributed by atoms with Crippen LogP contribution in [0, 0.1) is 11.8 Å². The normalized spacial score (nSPS) is 22.6. The van der Waals surface area contributed by atoms with Crippen LogP contribution in [0.4, 0.5) is 0 Å². The Morgan fingerprint density at radius 1 is 1.20 bits per heavy atom. The van der Waals surface area contributed by atoms with Crippen molar-refractivity contribution < 1.29 is 23.5 Å². The number of nitrogens with zero attached hydrogens (tertiary/aromatic N) is 2. The molecular weight excluding hydrogens is 326 g/mol. The van der Waals surface area contributed by atoms with Gasteiger partial charge in [0.1, 0.15) is 0 Å². The summed E-state index contributed by atoms with van der Waals surface area (Å²) in [6, 6.07) is 3.31. The summed E-state index contributed by atoms with van der Waals surface area (Å²) in [6.45, 7) is 2.84. The fourth-order valence-corrected chi connectivity index (χ4v) is 3.09. The highest BCUT2D eigenvalue weighted by Crippen LogP contribution is 2.40. The number of hydrogen-bond acceptors (Lipinski definition) is 5. The number of furan rings is 1. The molecule has 1 saturated heterocycles. The molecule has 0 radical (unpaired) electrons. The van der Waals surface area contributed by atoms with E-state index in [1.54, 1.807) is 29.0 Å². The van der Waals surface area contributed by atoms with Gasteiger partial charge >= 0.3 is 0 Å². The van der Waals surface area contributed by atoms with Crippen LogP contribution in [0.3, 0.4) is 0 Å². The van der Waals surface area contributed by atoms with Gasteiger partial charge in [0.25, 0.3) is 5.91 Å². The van der Waals surface area contributed by atoms with Crippen molar-refractivity contribution >= 4 is 17.7 Å². The Morgan fingerprint density at radius 3 is 2.56 bits per heavy atom. The molecule has 136 valence electrons. The Morgan fingerprint density at radius 2 is 1.92 bits per heavy atom. The highest BCUT2D eigenvalue weighted by molar-refractivity contribution is 5.93. The molecule has 8 heteroatoms. The van der Waals surface area contributed by atoms with E-state index in [1.165, 1.54) is 6.26 Å². The first-order chi connectivity index (χ1) is 12.1. The zero-order valence-corrected chi connectivity index (χ0v) is 14.3. The lowest BCUT2D eigenvalue weighted by molar-refractivity contribution is -0.136. The number of piperazine rings is 1.